The molecule has 96 valence electrons. The molecule has 2 nitrogen and oxygen atoms in total. The highest BCUT2D eigenvalue weighted by Crippen LogP contribution is 2.62. The predicted molar refractivity (Wildman–Crippen MR) is 68.8 cm³/mol. The molecule has 4 aliphatic rings. The highest BCUT2D eigenvalue weighted by molar-refractivity contribution is 5.28. The predicted octanol–water partition coefficient (Wildman–Crippen LogP) is 2.45. The van der Waals surface area contributed by atoms with Crippen molar-refractivity contribution in [2.45, 2.75) is 43.3 Å². The van der Waals surface area contributed by atoms with Crippen LogP contribution < -0.4 is 0 Å². The molecule has 4 aliphatic carbocycles. The Labute approximate surface area is 108 Å². The fraction of sp³-hybridized carbons (Fsp3) is 0.625. The van der Waals surface area contributed by atoms with Gasteiger partial charge in [-0.1, -0.05) is 30.3 Å². The Hall–Kier alpha value is -0.860. The summed E-state index contributed by atoms with van der Waals surface area (Å²) in [6, 6.07) is 10.1. The minimum Gasteiger partial charge on any atom is -0.390 e. The van der Waals surface area contributed by atoms with Gasteiger partial charge in [0.05, 0.1) is 11.2 Å². The van der Waals surface area contributed by atoms with Crippen molar-refractivity contribution in [1.82, 2.24) is 0 Å². The first-order valence-corrected chi connectivity index (χ1v) is 7.10. The summed E-state index contributed by atoms with van der Waals surface area (Å²) in [6.07, 6.45) is 4.70. The van der Waals surface area contributed by atoms with Crippen LogP contribution in [-0.4, -0.2) is 15.8 Å². The minimum atomic E-state index is -0.690. The molecule has 0 amide bonds. The zero-order valence-corrected chi connectivity index (χ0v) is 10.5. The van der Waals surface area contributed by atoms with Gasteiger partial charge in [0.2, 0.25) is 0 Å². The lowest BCUT2D eigenvalue weighted by Gasteiger charge is -2.62. The van der Waals surface area contributed by atoms with E-state index in [-0.39, 0.29) is 11.8 Å². The van der Waals surface area contributed by atoms with E-state index in [4.69, 9.17) is 0 Å². The van der Waals surface area contributed by atoms with Crippen LogP contribution in [0.3, 0.4) is 0 Å². The van der Waals surface area contributed by atoms with Gasteiger partial charge in [0.1, 0.15) is 0 Å². The quantitative estimate of drug-likeness (QED) is 0.796. The Morgan fingerprint density at radius 2 is 1.50 bits per heavy atom. The zero-order chi connectivity index (χ0) is 12.4. The molecule has 4 bridgehead atoms. The average molecular weight is 244 g/mol. The van der Waals surface area contributed by atoms with Crippen LogP contribution in [0.25, 0.3) is 0 Å². The Bertz CT molecular complexity index is 451. The summed E-state index contributed by atoms with van der Waals surface area (Å²) < 4.78 is 0. The third kappa shape index (κ3) is 1.31. The number of hydrogen-bond donors (Lipinski definition) is 2. The lowest BCUT2D eigenvalue weighted by atomic mass is 9.47. The number of benzene rings is 1. The summed E-state index contributed by atoms with van der Waals surface area (Å²) in [5.41, 5.74) is -0.107. The second-order valence-electron chi connectivity index (χ2n) is 6.76. The van der Waals surface area contributed by atoms with E-state index in [1.165, 1.54) is 0 Å². The van der Waals surface area contributed by atoms with E-state index in [2.05, 4.69) is 0 Å². The van der Waals surface area contributed by atoms with E-state index in [1.807, 2.05) is 30.3 Å². The molecule has 5 rings (SSSR count). The highest BCUT2D eigenvalue weighted by atomic mass is 16.3. The lowest BCUT2D eigenvalue weighted by molar-refractivity contribution is -0.232. The Kier molecular flexibility index (Phi) is 2.06. The van der Waals surface area contributed by atoms with Crippen molar-refractivity contribution in [1.29, 1.82) is 0 Å². The largest absolute Gasteiger partial charge is 0.390 e. The molecule has 0 saturated heterocycles. The maximum atomic E-state index is 11.3. The number of rotatable bonds is 1. The standard InChI is InChI=1S/C16H20O2/c17-15-8-11-6-13(9-15)16(18,14(7-11)10-15)12-4-2-1-3-5-12/h1-5,11,13-14,17-18H,6-10H2. The van der Waals surface area contributed by atoms with Gasteiger partial charge >= 0.3 is 0 Å². The normalized spacial score (nSPS) is 49.6. The van der Waals surface area contributed by atoms with Crippen molar-refractivity contribution in [3.8, 4) is 0 Å². The van der Waals surface area contributed by atoms with Crippen molar-refractivity contribution in [2.24, 2.45) is 17.8 Å². The Balaban J connectivity index is 1.79. The summed E-state index contributed by atoms with van der Waals surface area (Å²) in [7, 11) is 0. The first-order valence-electron chi connectivity index (χ1n) is 7.10. The Morgan fingerprint density at radius 1 is 0.889 bits per heavy atom. The van der Waals surface area contributed by atoms with Gasteiger partial charge in [0.15, 0.2) is 0 Å². The van der Waals surface area contributed by atoms with Crippen molar-refractivity contribution in [2.75, 3.05) is 0 Å². The monoisotopic (exact) mass is 244 g/mol. The van der Waals surface area contributed by atoms with Gasteiger partial charge in [-0.15, -0.1) is 0 Å². The van der Waals surface area contributed by atoms with Crippen molar-refractivity contribution in [3.05, 3.63) is 35.9 Å². The van der Waals surface area contributed by atoms with Crippen LogP contribution in [0.2, 0.25) is 0 Å². The smallest absolute Gasteiger partial charge is 0.0954 e. The fourth-order valence-electron chi connectivity index (χ4n) is 5.12. The maximum Gasteiger partial charge on any atom is 0.0954 e. The van der Waals surface area contributed by atoms with Crippen LogP contribution in [0.15, 0.2) is 30.3 Å². The molecule has 4 fully saturated rings. The minimum absolute atomic E-state index is 0.246. The average Bonchev–Trinajstić information content (AvgIpc) is 2.35. The molecule has 2 atom stereocenters. The van der Waals surface area contributed by atoms with Crippen molar-refractivity contribution < 1.29 is 10.2 Å². The van der Waals surface area contributed by atoms with Gasteiger partial charge < -0.3 is 10.2 Å². The summed E-state index contributed by atoms with van der Waals surface area (Å²) in [6.45, 7) is 0. The lowest BCUT2D eigenvalue weighted by Crippen LogP contribution is -2.61. The van der Waals surface area contributed by atoms with Gasteiger partial charge in [-0.25, -0.2) is 0 Å². The number of hydrogen-bond acceptors (Lipinski definition) is 2. The van der Waals surface area contributed by atoms with Gasteiger partial charge in [-0.3, -0.25) is 0 Å². The third-order valence-electron chi connectivity index (χ3n) is 5.64. The molecule has 2 heteroatoms. The van der Waals surface area contributed by atoms with Gasteiger partial charge in [0.25, 0.3) is 0 Å². The molecule has 0 heterocycles. The molecular weight excluding hydrogens is 224 g/mol. The van der Waals surface area contributed by atoms with E-state index < -0.39 is 11.2 Å². The first kappa shape index (κ1) is 11.0. The number of aliphatic hydroxyl groups is 2. The molecule has 0 aromatic heterocycles. The van der Waals surface area contributed by atoms with E-state index >= 15 is 0 Å². The molecule has 4 saturated carbocycles. The molecule has 2 N–H and O–H groups in total. The zero-order valence-electron chi connectivity index (χ0n) is 10.5. The van der Waals surface area contributed by atoms with Crippen LogP contribution >= 0.6 is 0 Å². The van der Waals surface area contributed by atoms with Crippen LogP contribution in [0.1, 0.15) is 37.7 Å². The SMILES string of the molecule is OC12CC3CC(C1)C(O)(c1ccccc1)C(C3)C2. The van der Waals surface area contributed by atoms with Crippen molar-refractivity contribution >= 4 is 0 Å². The van der Waals surface area contributed by atoms with E-state index in [0.717, 1.165) is 37.7 Å². The highest BCUT2D eigenvalue weighted by Gasteiger charge is 2.61. The van der Waals surface area contributed by atoms with Crippen LogP contribution in [0, 0.1) is 17.8 Å². The van der Waals surface area contributed by atoms with E-state index in [1.54, 1.807) is 0 Å². The molecule has 0 spiro atoms. The van der Waals surface area contributed by atoms with Crippen molar-refractivity contribution in [3.63, 3.8) is 0 Å². The van der Waals surface area contributed by atoms with Crippen LogP contribution in [-0.2, 0) is 5.60 Å². The van der Waals surface area contributed by atoms with Gasteiger partial charge in [-0.2, -0.15) is 0 Å². The molecule has 1 aromatic rings. The second-order valence-corrected chi connectivity index (χ2v) is 6.76. The van der Waals surface area contributed by atoms with Crippen LogP contribution in [0.4, 0.5) is 0 Å². The molecule has 0 aliphatic heterocycles. The fourth-order valence-corrected chi connectivity index (χ4v) is 5.12. The second kappa shape index (κ2) is 3.37. The first-order chi connectivity index (χ1) is 8.60. The molecular formula is C16H20O2. The Morgan fingerprint density at radius 3 is 2.06 bits per heavy atom. The van der Waals surface area contributed by atoms with E-state index in [9.17, 15) is 10.2 Å². The van der Waals surface area contributed by atoms with E-state index in [0.29, 0.717) is 5.92 Å². The summed E-state index contributed by atoms with van der Waals surface area (Å²) >= 11 is 0. The molecule has 2 unspecified atom stereocenters. The van der Waals surface area contributed by atoms with Gasteiger partial charge in [0, 0.05) is 0 Å². The van der Waals surface area contributed by atoms with Crippen LogP contribution in [0.5, 0.6) is 0 Å². The summed E-state index contributed by atoms with van der Waals surface area (Å²) in [5.74, 6) is 1.13. The van der Waals surface area contributed by atoms with Gasteiger partial charge in [-0.05, 0) is 55.4 Å². The summed E-state index contributed by atoms with van der Waals surface area (Å²) in [4.78, 5) is 0. The molecule has 0 radical (unpaired) electrons. The topological polar surface area (TPSA) is 40.5 Å². The summed E-state index contributed by atoms with van der Waals surface area (Å²) in [5, 5.41) is 21.8. The molecule has 1 aromatic carbocycles. The molecule has 18 heavy (non-hydrogen) atoms. The third-order valence-corrected chi connectivity index (χ3v) is 5.64. The maximum absolute atomic E-state index is 11.3.